The van der Waals surface area contributed by atoms with Crippen LogP contribution in [0.4, 0.5) is 0 Å². The maximum atomic E-state index is 12.5. The first-order valence-electron chi connectivity index (χ1n) is 6.72. The smallest absolute Gasteiger partial charge is 0.270 e. The third-order valence-corrected chi connectivity index (χ3v) is 4.01. The SMILES string of the molecule is CC1CN(C(=O)c2cc3ccccc3[nH]2)CCN1C. The molecule has 0 saturated carbocycles. The number of amides is 1. The van der Waals surface area contributed by atoms with Gasteiger partial charge >= 0.3 is 0 Å². The molecule has 4 heteroatoms. The van der Waals surface area contributed by atoms with E-state index in [4.69, 9.17) is 0 Å². The number of carbonyl (C=O) groups excluding carboxylic acids is 1. The molecule has 2 aromatic rings. The molecule has 100 valence electrons. The van der Waals surface area contributed by atoms with Crippen molar-refractivity contribution in [3.8, 4) is 0 Å². The second-order valence-corrected chi connectivity index (χ2v) is 5.35. The summed E-state index contributed by atoms with van der Waals surface area (Å²) >= 11 is 0. The molecule has 2 heterocycles. The Morgan fingerprint density at radius 1 is 1.32 bits per heavy atom. The quantitative estimate of drug-likeness (QED) is 0.848. The van der Waals surface area contributed by atoms with Crippen molar-refractivity contribution in [1.82, 2.24) is 14.8 Å². The second kappa shape index (κ2) is 4.70. The molecule has 1 aromatic carbocycles. The lowest BCUT2D eigenvalue weighted by molar-refractivity contribution is 0.0568. The van der Waals surface area contributed by atoms with Gasteiger partial charge in [-0.2, -0.15) is 0 Å². The normalized spacial score (nSPS) is 20.9. The molecule has 1 amide bonds. The number of nitrogens with zero attached hydrogens (tertiary/aromatic N) is 2. The third-order valence-electron chi connectivity index (χ3n) is 4.01. The largest absolute Gasteiger partial charge is 0.351 e. The maximum absolute atomic E-state index is 12.5. The average molecular weight is 257 g/mol. The average Bonchev–Trinajstić information content (AvgIpc) is 2.85. The molecule has 0 aliphatic carbocycles. The van der Waals surface area contributed by atoms with Gasteiger partial charge in [0, 0.05) is 36.6 Å². The van der Waals surface area contributed by atoms with Crippen LogP contribution < -0.4 is 0 Å². The van der Waals surface area contributed by atoms with Crippen LogP contribution in [-0.2, 0) is 0 Å². The summed E-state index contributed by atoms with van der Waals surface area (Å²) in [6.45, 7) is 4.69. The molecule has 1 fully saturated rings. The number of rotatable bonds is 1. The van der Waals surface area contributed by atoms with E-state index < -0.39 is 0 Å². The monoisotopic (exact) mass is 257 g/mol. The predicted molar refractivity (Wildman–Crippen MR) is 76.3 cm³/mol. The number of aromatic amines is 1. The van der Waals surface area contributed by atoms with Crippen molar-refractivity contribution >= 4 is 16.8 Å². The minimum atomic E-state index is 0.108. The fourth-order valence-corrected chi connectivity index (χ4v) is 2.59. The molecule has 3 rings (SSSR count). The second-order valence-electron chi connectivity index (χ2n) is 5.35. The van der Waals surface area contributed by atoms with Gasteiger partial charge in [-0.3, -0.25) is 4.79 Å². The van der Waals surface area contributed by atoms with E-state index in [1.807, 2.05) is 35.2 Å². The number of likely N-dealkylation sites (N-methyl/N-ethyl adjacent to an activating group) is 1. The molecule has 0 bridgehead atoms. The number of piperazine rings is 1. The molecule has 0 radical (unpaired) electrons. The predicted octanol–water partition coefficient (Wildman–Crippen LogP) is 1.94. The van der Waals surface area contributed by atoms with Gasteiger partial charge < -0.3 is 14.8 Å². The first kappa shape index (κ1) is 12.2. The van der Waals surface area contributed by atoms with E-state index in [9.17, 15) is 4.79 Å². The van der Waals surface area contributed by atoms with Gasteiger partial charge in [-0.25, -0.2) is 0 Å². The molecule has 4 nitrogen and oxygen atoms in total. The molecule has 1 unspecified atom stereocenters. The molecule has 1 aliphatic heterocycles. The third kappa shape index (κ3) is 2.24. The van der Waals surface area contributed by atoms with Crippen LogP contribution in [0, 0.1) is 0 Å². The van der Waals surface area contributed by atoms with Crippen molar-refractivity contribution in [2.24, 2.45) is 0 Å². The summed E-state index contributed by atoms with van der Waals surface area (Å²) in [5, 5.41) is 1.09. The van der Waals surface area contributed by atoms with Crippen LogP contribution in [0.2, 0.25) is 0 Å². The highest BCUT2D eigenvalue weighted by molar-refractivity contribution is 5.98. The van der Waals surface area contributed by atoms with Crippen LogP contribution in [0.25, 0.3) is 10.9 Å². The Balaban J connectivity index is 1.83. The fourth-order valence-electron chi connectivity index (χ4n) is 2.59. The summed E-state index contributed by atoms with van der Waals surface area (Å²) in [7, 11) is 2.11. The van der Waals surface area contributed by atoms with Crippen molar-refractivity contribution in [3.63, 3.8) is 0 Å². The molecule has 1 atom stereocenters. The maximum Gasteiger partial charge on any atom is 0.270 e. The zero-order valence-electron chi connectivity index (χ0n) is 11.4. The highest BCUT2D eigenvalue weighted by atomic mass is 16.2. The molecule has 0 spiro atoms. The summed E-state index contributed by atoms with van der Waals surface area (Å²) in [5.41, 5.74) is 1.71. The molecular formula is C15H19N3O. The fraction of sp³-hybridized carbons (Fsp3) is 0.400. The summed E-state index contributed by atoms with van der Waals surface area (Å²) < 4.78 is 0. The minimum Gasteiger partial charge on any atom is -0.351 e. The van der Waals surface area contributed by atoms with Gasteiger partial charge in [0.05, 0.1) is 0 Å². The highest BCUT2D eigenvalue weighted by Gasteiger charge is 2.25. The number of para-hydroxylation sites is 1. The lowest BCUT2D eigenvalue weighted by atomic mass is 10.2. The van der Waals surface area contributed by atoms with Gasteiger partial charge in [0.1, 0.15) is 5.69 Å². The number of H-pyrrole nitrogens is 1. The summed E-state index contributed by atoms with van der Waals surface area (Å²) in [5.74, 6) is 0.108. The number of aromatic nitrogens is 1. The number of hydrogen-bond donors (Lipinski definition) is 1. The first-order valence-corrected chi connectivity index (χ1v) is 6.72. The standard InChI is InChI=1S/C15H19N3O/c1-11-10-18(8-7-17(11)2)15(19)14-9-12-5-3-4-6-13(12)16-14/h3-6,9,11,16H,7-8,10H2,1-2H3. The Hall–Kier alpha value is -1.81. The number of carbonyl (C=O) groups is 1. The van der Waals surface area contributed by atoms with Gasteiger partial charge in [-0.05, 0) is 26.1 Å². The van der Waals surface area contributed by atoms with E-state index in [-0.39, 0.29) is 5.91 Å². The van der Waals surface area contributed by atoms with Gasteiger partial charge in [0.25, 0.3) is 5.91 Å². The highest BCUT2D eigenvalue weighted by Crippen LogP contribution is 2.17. The number of hydrogen-bond acceptors (Lipinski definition) is 2. The zero-order valence-corrected chi connectivity index (χ0v) is 11.4. The Morgan fingerprint density at radius 3 is 2.84 bits per heavy atom. The van der Waals surface area contributed by atoms with Gasteiger partial charge in [-0.1, -0.05) is 18.2 Å². The zero-order chi connectivity index (χ0) is 13.4. The number of benzene rings is 1. The summed E-state index contributed by atoms with van der Waals surface area (Å²) in [6.07, 6.45) is 0. The van der Waals surface area contributed by atoms with Gasteiger partial charge in [0.15, 0.2) is 0 Å². The number of nitrogens with one attached hydrogen (secondary N) is 1. The molecular weight excluding hydrogens is 238 g/mol. The van der Waals surface area contributed by atoms with E-state index in [1.54, 1.807) is 0 Å². The molecule has 1 N–H and O–H groups in total. The Bertz CT molecular complexity index is 571. The van der Waals surface area contributed by atoms with E-state index in [1.165, 1.54) is 0 Å². The van der Waals surface area contributed by atoms with Crippen molar-refractivity contribution < 1.29 is 4.79 Å². The summed E-state index contributed by atoms with van der Waals surface area (Å²) in [4.78, 5) is 19.9. The topological polar surface area (TPSA) is 39.3 Å². The Kier molecular flexibility index (Phi) is 3.03. The molecule has 1 saturated heterocycles. The van der Waals surface area contributed by atoms with Crippen LogP contribution in [0.15, 0.2) is 30.3 Å². The van der Waals surface area contributed by atoms with Crippen LogP contribution in [0.5, 0.6) is 0 Å². The molecule has 1 aliphatic rings. The van der Waals surface area contributed by atoms with Crippen LogP contribution in [0.1, 0.15) is 17.4 Å². The minimum absolute atomic E-state index is 0.108. The Morgan fingerprint density at radius 2 is 2.11 bits per heavy atom. The van der Waals surface area contributed by atoms with E-state index in [0.717, 1.165) is 30.5 Å². The van der Waals surface area contributed by atoms with E-state index >= 15 is 0 Å². The summed E-state index contributed by atoms with van der Waals surface area (Å²) in [6, 6.07) is 10.4. The lowest BCUT2D eigenvalue weighted by Crippen LogP contribution is -2.52. The number of fused-ring (bicyclic) bond motifs is 1. The van der Waals surface area contributed by atoms with E-state index in [0.29, 0.717) is 11.7 Å². The van der Waals surface area contributed by atoms with Crippen LogP contribution in [-0.4, -0.2) is 53.4 Å². The first-order chi connectivity index (χ1) is 9.15. The van der Waals surface area contributed by atoms with Gasteiger partial charge in [0.2, 0.25) is 0 Å². The lowest BCUT2D eigenvalue weighted by Gasteiger charge is -2.37. The van der Waals surface area contributed by atoms with Crippen LogP contribution >= 0.6 is 0 Å². The van der Waals surface area contributed by atoms with Crippen molar-refractivity contribution in [2.75, 3.05) is 26.7 Å². The van der Waals surface area contributed by atoms with Gasteiger partial charge in [-0.15, -0.1) is 0 Å². The van der Waals surface area contributed by atoms with Crippen molar-refractivity contribution in [1.29, 1.82) is 0 Å². The molecule has 19 heavy (non-hydrogen) atoms. The van der Waals surface area contributed by atoms with E-state index in [2.05, 4.69) is 23.9 Å². The van der Waals surface area contributed by atoms with Crippen LogP contribution in [0.3, 0.4) is 0 Å². The van der Waals surface area contributed by atoms with Crippen molar-refractivity contribution in [2.45, 2.75) is 13.0 Å². The molecule has 1 aromatic heterocycles. The Labute approximate surface area is 113 Å². The van der Waals surface area contributed by atoms with Crippen molar-refractivity contribution in [3.05, 3.63) is 36.0 Å².